The first-order valence-electron chi connectivity index (χ1n) is 6.36. The first-order valence-corrected chi connectivity index (χ1v) is 6.36. The van der Waals surface area contributed by atoms with Gasteiger partial charge in [0.2, 0.25) is 5.65 Å². The third-order valence-electron chi connectivity index (χ3n) is 3.21. The van der Waals surface area contributed by atoms with Gasteiger partial charge < -0.3 is 11.1 Å². The topological polar surface area (TPSA) is 81.1 Å². The summed E-state index contributed by atoms with van der Waals surface area (Å²) in [6, 6.07) is 0. The molecule has 0 aromatic carbocycles. The van der Waals surface area contributed by atoms with Gasteiger partial charge in [0.1, 0.15) is 5.82 Å². The zero-order chi connectivity index (χ0) is 13.0. The molecule has 98 valence electrons. The Morgan fingerprint density at radius 1 is 1.44 bits per heavy atom. The summed E-state index contributed by atoms with van der Waals surface area (Å²) in [7, 11) is 0. The molecule has 0 aliphatic heterocycles. The van der Waals surface area contributed by atoms with Gasteiger partial charge in [0.05, 0.1) is 0 Å². The number of anilines is 1. The lowest BCUT2D eigenvalue weighted by atomic mass is 10.0. The van der Waals surface area contributed by atoms with Gasteiger partial charge in [0.15, 0.2) is 5.82 Å². The van der Waals surface area contributed by atoms with Crippen LogP contribution in [0.25, 0.3) is 5.65 Å². The normalized spacial score (nSPS) is 12.8. The smallest absolute Gasteiger partial charge is 0.203 e. The molecule has 0 aliphatic rings. The first-order chi connectivity index (χ1) is 8.76. The Balaban J connectivity index is 2.12. The van der Waals surface area contributed by atoms with Crippen molar-refractivity contribution in [2.75, 3.05) is 18.4 Å². The molecule has 0 aliphatic carbocycles. The largest absolute Gasteiger partial charge is 0.367 e. The highest BCUT2D eigenvalue weighted by atomic mass is 15.3. The number of aromatic nitrogens is 4. The van der Waals surface area contributed by atoms with E-state index in [1.165, 1.54) is 0 Å². The van der Waals surface area contributed by atoms with Crippen molar-refractivity contribution in [2.45, 2.75) is 26.7 Å². The molecule has 3 N–H and O–H groups in total. The van der Waals surface area contributed by atoms with E-state index in [1.54, 1.807) is 6.20 Å². The Kier molecular flexibility index (Phi) is 4.09. The lowest BCUT2D eigenvalue weighted by Gasteiger charge is -2.15. The second-order valence-corrected chi connectivity index (χ2v) is 4.45. The van der Waals surface area contributed by atoms with Gasteiger partial charge in [0, 0.05) is 18.9 Å². The van der Waals surface area contributed by atoms with Crippen LogP contribution in [0.1, 0.15) is 25.6 Å². The van der Waals surface area contributed by atoms with Crippen LogP contribution in [-0.4, -0.2) is 32.7 Å². The quantitative estimate of drug-likeness (QED) is 0.803. The van der Waals surface area contributed by atoms with Crippen LogP contribution in [0.4, 0.5) is 5.82 Å². The van der Waals surface area contributed by atoms with Crippen LogP contribution in [0.5, 0.6) is 0 Å². The van der Waals surface area contributed by atoms with E-state index in [1.807, 2.05) is 17.5 Å². The molecule has 0 spiro atoms. The van der Waals surface area contributed by atoms with E-state index < -0.39 is 0 Å². The van der Waals surface area contributed by atoms with Crippen LogP contribution in [0.3, 0.4) is 0 Å². The second kappa shape index (κ2) is 5.77. The van der Waals surface area contributed by atoms with Crippen molar-refractivity contribution < 1.29 is 0 Å². The highest BCUT2D eigenvalue weighted by molar-refractivity contribution is 5.61. The van der Waals surface area contributed by atoms with Crippen molar-refractivity contribution in [2.24, 2.45) is 11.7 Å². The summed E-state index contributed by atoms with van der Waals surface area (Å²) in [6.07, 6.45) is 5.76. The summed E-state index contributed by atoms with van der Waals surface area (Å²) < 4.78 is 1.93. The van der Waals surface area contributed by atoms with Crippen molar-refractivity contribution >= 4 is 11.5 Å². The SMILES string of the molecule is CCC(CCN)CNc1nccn2c(C)nnc12. The Morgan fingerprint density at radius 3 is 3.00 bits per heavy atom. The average Bonchev–Trinajstić information content (AvgIpc) is 2.77. The minimum atomic E-state index is 0.570. The predicted octanol–water partition coefficient (Wildman–Crippen LogP) is 1.22. The lowest BCUT2D eigenvalue weighted by Crippen LogP contribution is -2.18. The summed E-state index contributed by atoms with van der Waals surface area (Å²) in [5, 5.41) is 11.5. The average molecular weight is 248 g/mol. The van der Waals surface area contributed by atoms with Crippen LogP contribution < -0.4 is 11.1 Å². The fourth-order valence-corrected chi connectivity index (χ4v) is 1.99. The monoisotopic (exact) mass is 248 g/mol. The fraction of sp³-hybridized carbons (Fsp3) is 0.583. The molecule has 0 saturated carbocycles. The van der Waals surface area contributed by atoms with E-state index in [-0.39, 0.29) is 0 Å². The van der Waals surface area contributed by atoms with Crippen LogP contribution >= 0.6 is 0 Å². The van der Waals surface area contributed by atoms with Gasteiger partial charge in [-0.1, -0.05) is 13.3 Å². The summed E-state index contributed by atoms with van der Waals surface area (Å²) in [5.41, 5.74) is 6.37. The van der Waals surface area contributed by atoms with E-state index in [4.69, 9.17) is 5.73 Å². The minimum absolute atomic E-state index is 0.570. The first kappa shape index (κ1) is 12.8. The van der Waals surface area contributed by atoms with Gasteiger partial charge in [-0.3, -0.25) is 4.40 Å². The molecule has 2 aromatic rings. The molecule has 1 unspecified atom stereocenters. The minimum Gasteiger partial charge on any atom is -0.367 e. The van der Waals surface area contributed by atoms with Gasteiger partial charge in [-0.2, -0.15) is 0 Å². The zero-order valence-corrected chi connectivity index (χ0v) is 10.9. The summed E-state index contributed by atoms with van der Waals surface area (Å²) >= 11 is 0. The number of nitrogens with zero attached hydrogens (tertiary/aromatic N) is 4. The molecule has 18 heavy (non-hydrogen) atoms. The van der Waals surface area contributed by atoms with Crippen molar-refractivity contribution in [3.63, 3.8) is 0 Å². The number of aryl methyl sites for hydroxylation is 1. The number of nitrogens with two attached hydrogens (primary N) is 1. The molecule has 0 radical (unpaired) electrons. The van der Waals surface area contributed by atoms with Crippen LogP contribution in [0, 0.1) is 12.8 Å². The van der Waals surface area contributed by atoms with E-state index in [0.717, 1.165) is 43.2 Å². The molecular weight excluding hydrogens is 228 g/mol. The van der Waals surface area contributed by atoms with Gasteiger partial charge in [-0.15, -0.1) is 10.2 Å². The predicted molar refractivity (Wildman–Crippen MR) is 71.5 cm³/mol. The highest BCUT2D eigenvalue weighted by Crippen LogP contribution is 2.14. The Morgan fingerprint density at radius 2 is 2.28 bits per heavy atom. The van der Waals surface area contributed by atoms with Gasteiger partial charge in [-0.25, -0.2) is 4.98 Å². The van der Waals surface area contributed by atoms with Crippen LogP contribution in [-0.2, 0) is 0 Å². The molecule has 6 heteroatoms. The maximum absolute atomic E-state index is 5.60. The molecule has 2 rings (SSSR count). The summed E-state index contributed by atoms with van der Waals surface area (Å²) in [6.45, 7) is 5.69. The van der Waals surface area contributed by atoms with E-state index in [0.29, 0.717) is 5.92 Å². The molecule has 2 heterocycles. The van der Waals surface area contributed by atoms with Crippen LogP contribution in [0.15, 0.2) is 12.4 Å². The van der Waals surface area contributed by atoms with Gasteiger partial charge >= 0.3 is 0 Å². The maximum Gasteiger partial charge on any atom is 0.203 e. The fourth-order valence-electron chi connectivity index (χ4n) is 1.99. The summed E-state index contributed by atoms with van der Waals surface area (Å²) in [5.74, 6) is 2.22. The second-order valence-electron chi connectivity index (χ2n) is 4.45. The van der Waals surface area contributed by atoms with Crippen molar-refractivity contribution in [1.82, 2.24) is 19.6 Å². The zero-order valence-electron chi connectivity index (χ0n) is 10.9. The van der Waals surface area contributed by atoms with Crippen LogP contribution in [0.2, 0.25) is 0 Å². The van der Waals surface area contributed by atoms with E-state index >= 15 is 0 Å². The lowest BCUT2D eigenvalue weighted by molar-refractivity contribution is 0.501. The van der Waals surface area contributed by atoms with E-state index in [2.05, 4.69) is 27.4 Å². The number of rotatable bonds is 6. The Hall–Kier alpha value is -1.69. The molecule has 2 aromatic heterocycles. The van der Waals surface area contributed by atoms with Gasteiger partial charge in [0.25, 0.3) is 0 Å². The number of hydrogen-bond donors (Lipinski definition) is 2. The maximum atomic E-state index is 5.60. The number of hydrogen-bond acceptors (Lipinski definition) is 5. The molecular formula is C12H20N6. The van der Waals surface area contributed by atoms with Crippen molar-refractivity contribution in [3.8, 4) is 0 Å². The third kappa shape index (κ3) is 2.59. The molecule has 0 saturated heterocycles. The number of nitrogens with one attached hydrogen (secondary N) is 1. The van der Waals surface area contributed by atoms with Crippen molar-refractivity contribution in [3.05, 3.63) is 18.2 Å². The highest BCUT2D eigenvalue weighted by Gasteiger charge is 2.10. The molecule has 0 bridgehead atoms. The summed E-state index contributed by atoms with van der Waals surface area (Å²) in [4.78, 5) is 4.32. The molecule has 0 fully saturated rings. The van der Waals surface area contributed by atoms with E-state index in [9.17, 15) is 0 Å². The molecule has 0 amide bonds. The van der Waals surface area contributed by atoms with Gasteiger partial charge in [-0.05, 0) is 25.8 Å². The number of fused-ring (bicyclic) bond motifs is 1. The standard InChI is InChI=1S/C12H20N6/c1-3-10(4-5-13)8-15-11-12-17-16-9(2)18(12)7-6-14-11/h6-7,10H,3-5,8,13H2,1-2H3,(H,14,15). The van der Waals surface area contributed by atoms with Crippen molar-refractivity contribution in [1.29, 1.82) is 0 Å². The molecule has 1 atom stereocenters. The Bertz CT molecular complexity index is 506. The third-order valence-corrected chi connectivity index (χ3v) is 3.21. The Labute approximate surface area is 107 Å². The molecule has 6 nitrogen and oxygen atoms in total.